The summed E-state index contributed by atoms with van der Waals surface area (Å²) < 4.78 is 11.6. The topological polar surface area (TPSA) is 71.2 Å². The molecule has 22 heavy (non-hydrogen) atoms. The van der Waals surface area contributed by atoms with E-state index in [4.69, 9.17) is 21.7 Å². The summed E-state index contributed by atoms with van der Waals surface area (Å²) >= 11 is 6.63. The highest BCUT2D eigenvalue weighted by Crippen LogP contribution is 2.42. The van der Waals surface area contributed by atoms with Crippen LogP contribution in [0.4, 0.5) is 11.4 Å². The molecule has 1 aliphatic rings. The van der Waals surface area contributed by atoms with E-state index in [1.165, 1.54) is 16.9 Å². The van der Waals surface area contributed by atoms with Gasteiger partial charge in [-0.3, -0.25) is 5.10 Å². The molecular formula is C14H18N4O2S2. The molecule has 3 rings (SSSR count). The number of hydrogen-bond donors (Lipinski definition) is 3. The van der Waals surface area contributed by atoms with Crippen molar-refractivity contribution in [2.24, 2.45) is 0 Å². The van der Waals surface area contributed by atoms with Crippen LogP contribution in [0.5, 0.6) is 0 Å². The molecule has 3 N–H and O–H groups in total. The Labute approximate surface area is 137 Å². The van der Waals surface area contributed by atoms with Crippen LogP contribution in [0.15, 0.2) is 6.07 Å². The SMILES string of the molecule is COC1Nc2cc(C)c(C)c(-c3n[nH]c(=S)s3)c2NC1OC. The van der Waals surface area contributed by atoms with Gasteiger partial charge in [0.2, 0.25) is 0 Å². The summed E-state index contributed by atoms with van der Waals surface area (Å²) in [5, 5.41) is 14.8. The van der Waals surface area contributed by atoms with Crippen LogP contribution in [0, 0.1) is 17.8 Å². The third-order valence-electron chi connectivity index (χ3n) is 3.87. The molecule has 2 unspecified atom stereocenters. The molecule has 118 valence electrons. The van der Waals surface area contributed by atoms with Crippen molar-refractivity contribution in [3.63, 3.8) is 0 Å². The molecule has 1 aromatic carbocycles. The number of nitrogens with one attached hydrogen (secondary N) is 3. The number of aromatic amines is 1. The van der Waals surface area contributed by atoms with Gasteiger partial charge in [-0.1, -0.05) is 11.3 Å². The van der Waals surface area contributed by atoms with Gasteiger partial charge in [-0.15, -0.1) is 0 Å². The van der Waals surface area contributed by atoms with Crippen LogP contribution >= 0.6 is 23.6 Å². The quantitative estimate of drug-likeness (QED) is 0.746. The molecule has 0 saturated heterocycles. The summed E-state index contributed by atoms with van der Waals surface area (Å²) in [6, 6.07) is 2.10. The molecule has 1 aromatic heterocycles. The van der Waals surface area contributed by atoms with Crippen LogP contribution in [0.1, 0.15) is 11.1 Å². The van der Waals surface area contributed by atoms with E-state index < -0.39 is 0 Å². The fourth-order valence-corrected chi connectivity index (χ4v) is 3.59. The monoisotopic (exact) mass is 338 g/mol. The molecule has 2 aromatic rings. The van der Waals surface area contributed by atoms with Crippen molar-refractivity contribution >= 4 is 34.9 Å². The van der Waals surface area contributed by atoms with Crippen molar-refractivity contribution in [1.82, 2.24) is 10.2 Å². The van der Waals surface area contributed by atoms with Crippen molar-refractivity contribution in [1.29, 1.82) is 0 Å². The first-order valence-electron chi connectivity index (χ1n) is 6.84. The average molecular weight is 338 g/mol. The number of benzene rings is 1. The first kappa shape index (κ1) is 15.4. The summed E-state index contributed by atoms with van der Waals surface area (Å²) in [5.74, 6) is 0. The number of rotatable bonds is 3. The third kappa shape index (κ3) is 2.52. The Morgan fingerprint density at radius 1 is 1.18 bits per heavy atom. The largest absolute Gasteiger partial charge is 0.357 e. The lowest BCUT2D eigenvalue weighted by molar-refractivity contribution is -0.00793. The summed E-state index contributed by atoms with van der Waals surface area (Å²) in [7, 11) is 3.30. The Balaban J connectivity index is 2.19. The van der Waals surface area contributed by atoms with Gasteiger partial charge >= 0.3 is 0 Å². The Kier molecular flexibility index (Phi) is 4.18. The van der Waals surface area contributed by atoms with E-state index in [1.807, 2.05) is 0 Å². The number of anilines is 2. The number of aryl methyl sites for hydroxylation is 1. The van der Waals surface area contributed by atoms with Gasteiger partial charge < -0.3 is 20.1 Å². The number of hydrogen-bond acceptors (Lipinski definition) is 7. The van der Waals surface area contributed by atoms with E-state index in [2.05, 4.69) is 40.7 Å². The van der Waals surface area contributed by atoms with Crippen LogP contribution < -0.4 is 10.6 Å². The van der Waals surface area contributed by atoms with Gasteiger partial charge in [0, 0.05) is 19.8 Å². The molecular weight excluding hydrogens is 320 g/mol. The van der Waals surface area contributed by atoms with Gasteiger partial charge in [0.05, 0.1) is 11.4 Å². The third-order valence-corrected chi connectivity index (χ3v) is 4.97. The molecule has 0 radical (unpaired) electrons. The van der Waals surface area contributed by atoms with Gasteiger partial charge in [-0.25, -0.2) is 0 Å². The second-order valence-corrected chi connectivity index (χ2v) is 6.80. The van der Waals surface area contributed by atoms with Crippen LogP contribution in [0.2, 0.25) is 0 Å². The number of nitrogens with zero attached hydrogens (tertiary/aromatic N) is 1. The highest BCUT2D eigenvalue weighted by atomic mass is 32.1. The number of methoxy groups -OCH3 is 2. The molecule has 8 heteroatoms. The maximum absolute atomic E-state index is 5.47. The number of H-pyrrole nitrogens is 1. The maximum atomic E-state index is 5.47. The van der Waals surface area contributed by atoms with E-state index in [9.17, 15) is 0 Å². The van der Waals surface area contributed by atoms with E-state index in [1.54, 1.807) is 14.2 Å². The number of ether oxygens (including phenoxy) is 2. The van der Waals surface area contributed by atoms with Gasteiger partial charge in [-0.2, -0.15) is 5.10 Å². The van der Waals surface area contributed by atoms with Crippen molar-refractivity contribution in [2.75, 3.05) is 24.9 Å². The van der Waals surface area contributed by atoms with Crippen LogP contribution in [-0.2, 0) is 9.47 Å². The Hall–Kier alpha value is -1.48. The highest BCUT2D eigenvalue weighted by molar-refractivity contribution is 7.73. The van der Waals surface area contributed by atoms with E-state index in [0.29, 0.717) is 3.95 Å². The number of fused-ring (bicyclic) bond motifs is 1. The molecule has 6 nitrogen and oxygen atoms in total. The van der Waals surface area contributed by atoms with E-state index >= 15 is 0 Å². The molecule has 0 bridgehead atoms. The van der Waals surface area contributed by atoms with Crippen LogP contribution in [0.25, 0.3) is 10.6 Å². The zero-order valence-corrected chi connectivity index (χ0v) is 14.4. The van der Waals surface area contributed by atoms with Gasteiger partial charge in [-0.05, 0) is 43.3 Å². The zero-order chi connectivity index (χ0) is 15.9. The minimum absolute atomic E-state index is 0.259. The van der Waals surface area contributed by atoms with Crippen LogP contribution in [0.3, 0.4) is 0 Å². The molecule has 2 heterocycles. The number of aromatic nitrogens is 2. The average Bonchev–Trinajstić information content (AvgIpc) is 2.93. The predicted octanol–water partition coefficient (Wildman–Crippen LogP) is 3.27. The highest BCUT2D eigenvalue weighted by Gasteiger charge is 2.31. The summed E-state index contributed by atoms with van der Waals surface area (Å²) in [4.78, 5) is 0. The molecule has 0 aliphatic carbocycles. The standard InChI is InChI=1S/C14H18N4O2S2/c1-6-5-8-10(16-12(20-4)11(15-8)19-3)9(7(6)2)13-17-18-14(21)22-13/h5,11-12,15-16H,1-4H3,(H,18,21). The molecule has 0 saturated carbocycles. The van der Waals surface area contributed by atoms with Crippen molar-refractivity contribution in [3.8, 4) is 10.6 Å². The molecule has 1 aliphatic heterocycles. The fraction of sp³-hybridized carbons (Fsp3) is 0.429. The minimum Gasteiger partial charge on any atom is -0.357 e. The van der Waals surface area contributed by atoms with Gasteiger partial charge in [0.1, 0.15) is 5.01 Å². The van der Waals surface area contributed by atoms with Gasteiger partial charge in [0.15, 0.2) is 16.4 Å². The normalized spacial score (nSPS) is 20.2. The van der Waals surface area contributed by atoms with Gasteiger partial charge in [0.25, 0.3) is 0 Å². The lowest BCUT2D eigenvalue weighted by Gasteiger charge is -2.35. The smallest absolute Gasteiger partial charge is 0.176 e. The van der Waals surface area contributed by atoms with Crippen molar-refractivity contribution in [2.45, 2.75) is 26.3 Å². The first-order valence-corrected chi connectivity index (χ1v) is 8.06. The van der Waals surface area contributed by atoms with Crippen LogP contribution in [-0.4, -0.2) is 36.9 Å². The first-order chi connectivity index (χ1) is 10.5. The maximum Gasteiger partial charge on any atom is 0.176 e. The molecule has 0 fully saturated rings. The summed E-state index contributed by atoms with van der Waals surface area (Å²) in [5.41, 5.74) is 5.31. The lowest BCUT2D eigenvalue weighted by atomic mass is 9.98. The lowest BCUT2D eigenvalue weighted by Crippen LogP contribution is -2.45. The second-order valence-electron chi connectivity index (χ2n) is 5.14. The van der Waals surface area contributed by atoms with E-state index in [-0.39, 0.29) is 12.5 Å². The Morgan fingerprint density at radius 2 is 1.86 bits per heavy atom. The molecule has 0 spiro atoms. The minimum atomic E-state index is -0.287. The Morgan fingerprint density at radius 3 is 2.45 bits per heavy atom. The van der Waals surface area contributed by atoms with Crippen molar-refractivity contribution in [3.05, 3.63) is 21.1 Å². The summed E-state index contributed by atoms with van der Waals surface area (Å²) in [6.07, 6.45) is -0.546. The molecule has 0 amide bonds. The summed E-state index contributed by atoms with van der Waals surface area (Å²) in [6.45, 7) is 4.16. The zero-order valence-electron chi connectivity index (χ0n) is 12.8. The van der Waals surface area contributed by atoms with Crippen molar-refractivity contribution < 1.29 is 9.47 Å². The predicted molar refractivity (Wildman–Crippen MR) is 91.0 cm³/mol. The fourth-order valence-electron chi connectivity index (χ4n) is 2.60. The molecule has 2 atom stereocenters. The Bertz CT molecular complexity index is 756. The van der Waals surface area contributed by atoms with E-state index in [0.717, 1.165) is 27.5 Å². The second kappa shape index (κ2) is 5.96.